The van der Waals surface area contributed by atoms with Gasteiger partial charge in [-0.05, 0) is 28.8 Å². The third-order valence-electron chi connectivity index (χ3n) is 2.74. The number of halogens is 1. The number of amides is 1. The van der Waals surface area contributed by atoms with Crippen LogP contribution in [0.5, 0.6) is 0 Å². The van der Waals surface area contributed by atoms with Gasteiger partial charge in [0, 0.05) is 0 Å². The highest BCUT2D eigenvalue weighted by molar-refractivity contribution is 9.10. The van der Waals surface area contributed by atoms with Gasteiger partial charge < -0.3 is 5.32 Å². The Labute approximate surface area is 87.6 Å². The predicted molar refractivity (Wildman–Crippen MR) is 50.9 cm³/mol. The second-order valence-electron chi connectivity index (χ2n) is 3.59. The fourth-order valence-electron chi connectivity index (χ4n) is 1.69. The molecular formula is C8H6BrN3O2. The Hall–Kier alpha value is -1.17. The molecule has 1 aromatic heterocycles. The van der Waals surface area contributed by atoms with E-state index in [9.17, 15) is 9.59 Å². The van der Waals surface area contributed by atoms with Crippen molar-refractivity contribution >= 4 is 33.6 Å². The normalized spacial score (nSPS) is 22.1. The van der Waals surface area contributed by atoms with Crippen molar-refractivity contribution in [3.63, 3.8) is 0 Å². The lowest BCUT2D eigenvalue weighted by molar-refractivity contribution is -0.120. The van der Waals surface area contributed by atoms with Gasteiger partial charge in [-0.2, -0.15) is 9.78 Å². The molecule has 0 bridgehead atoms. The van der Waals surface area contributed by atoms with Crippen LogP contribution in [-0.4, -0.2) is 21.6 Å². The Kier molecular flexibility index (Phi) is 1.31. The highest BCUT2D eigenvalue weighted by atomic mass is 79.9. The van der Waals surface area contributed by atoms with Gasteiger partial charge in [-0.1, -0.05) is 0 Å². The van der Waals surface area contributed by atoms with Crippen molar-refractivity contribution in [1.82, 2.24) is 9.78 Å². The Morgan fingerprint density at radius 3 is 2.86 bits per heavy atom. The zero-order valence-corrected chi connectivity index (χ0v) is 8.67. The summed E-state index contributed by atoms with van der Waals surface area (Å²) in [6.07, 6.45) is 2.78. The maximum atomic E-state index is 11.8. The first-order valence-corrected chi connectivity index (χ1v) is 5.04. The molecule has 6 heteroatoms. The summed E-state index contributed by atoms with van der Waals surface area (Å²) in [6, 6.07) is 0. The molecule has 0 radical (unpaired) electrons. The highest BCUT2D eigenvalue weighted by Crippen LogP contribution is 2.50. The minimum absolute atomic E-state index is 0.198. The molecular weight excluding hydrogens is 250 g/mol. The summed E-state index contributed by atoms with van der Waals surface area (Å²) < 4.78 is 1.90. The molecule has 0 saturated heterocycles. The van der Waals surface area contributed by atoms with Crippen molar-refractivity contribution < 1.29 is 9.59 Å². The minimum atomic E-state index is -0.807. The van der Waals surface area contributed by atoms with Crippen LogP contribution in [0.15, 0.2) is 10.7 Å². The van der Waals surface area contributed by atoms with Crippen molar-refractivity contribution in [2.24, 2.45) is 5.41 Å². The van der Waals surface area contributed by atoms with Crippen molar-refractivity contribution in [1.29, 1.82) is 0 Å². The predicted octanol–water partition coefficient (Wildman–Crippen LogP) is 1.02. The van der Waals surface area contributed by atoms with Crippen molar-refractivity contribution in [3.05, 3.63) is 10.7 Å². The summed E-state index contributed by atoms with van der Waals surface area (Å²) in [7, 11) is 0. The molecule has 0 atom stereocenters. The molecule has 14 heavy (non-hydrogen) atoms. The van der Waals surface area contributed by atoms with Crippen LogP contribution in [0.1, 0.15) is 17.6 Å². The van der Waals surface area contributed by atoms with Gasteiger partial charge in [0.15, 0.2) is 5.82 Å². The summed E-state index contributed by atoms with van der Waals surface area (Å²) in [5, 5.41) is 6.60. The maximum absolute atomic E-state index is 11.8. The van der Waals surface area contributed by atoms with E-state index in [2.05, 4.69) is 26.3 Å². The quantitative estimate of drug-likeness (QED) is 0.705. The molecule has 1 N–H and O–H groups in total. The number of fused-ring (bicyclic) bond motifs is 1. The van der Waals surface area contributed by atoms with Crippen molar-refractivity contribution in [2.45, 2.75) is 12.8 Å². The number of nitrogens with one attached hydrogen (secondary N) is 1. The largest absolute Gasteiger partial charge is 0.309 e. The molecule has 2 aliphatic rings. The summed E-state index contributed by atoms with van der Waals surface area (Å²) in [6.45, 7) is 0. The smallest absolute Gasteiger partial charge is 0.264 e. The molecule has 0 unspecified atom stereocenters. The third-order valence-corrected chi connectivity index (χ3v) is 3.32. The van der Waals surface area contributed by atoms with Gasteiger partial charge in [0.2, 0.25) is 5.91 Å². The summed E-state index contributed by atoms with van der Waals surface area (Å²) >= 11 is 3.21. The number of carbonyl (C=O) groups is 2. The summed E-state index contributed by atoms with van der Waals surface area (Å²) in [5.41, 5.74) is -0.807. The van der Waals surface area contributed by atoms with E-state index in [4.69, 9.17) is 0 Å². The Balaban J connectivity index is 2.20. The summed E-state index contributed by atoms with van der Waals surface area (Å²) in [5.74, 6) is 0.0377. The first kappa shape index (κ1) is 8.16. The number of anilines is 1. The zero-order chi connectivity index (χ0) is 9.92. The zero-order valence-electron chi connectivity index (χ0n) is 7.08. The second-order valence-corrected chi connectivity index (χ2v) is 4.45. The second kappa shape index (κ2) is 2.25. The van der Waals surface area contributed by atoms with Gasteiger partial charge in [0.25, 0.3) is 5.91 Å². The van der Waals surface area contributed by atoms with Crippen LogP contribution >= 0.6 is 15.9 Å². The van der Waals surface area contributed by atoms with Gasteiger partial charge in [0.05, 0.1) is 10.7 Å². The van der Waals surface area contributed by atoms with Crippen LogP contribution < -0.4 is 5.32 Å². The van der Waals surface area contributed by atoms with Crippen LogP contribution in [0.2, 0.25) is 0 Å². The van der Waals surface area contributed by atoms with Crippen molar-refractivity contribution in [3.8, 4) is 0 Å². The average molecular weight is 256 g/mol. The molecule has 1 amide bonds. The monoisotopic (exact) mass is 255 g/mol. The van der Waals surface area contributed by atoms with E-state index in [0.29, 0.717) is 23.1 Å². The molecule has 72 valence electrons. The number of hydrogen-bond acceptors (Lipinski definition) is 3. The van der Waals surface area contributed by atoms with E-state index in [1.54, 1.807) is 0 Å². The molecule has 2 heterocycles. The molecule has 1 spiro atoms. The fourth-order valence-corrected chi connectivity index (χ4v) is 2.05. The van der Waals surface area contributed by atoms with Gasteiger partial charge >= 0.3 is 0 Å². The number of rotatable bonds is 0. The number of aromatic nitrogens is 2. The topological polar surface area (TPSA) is 64.0 Å². The molecule has 0 aromatic carbocycles. The van der Waals surface area contributed by atoms with Crippen LogP contribution in [0, 0.1) is 5.41 Å². The standard InChI is InChI=1S/C8H6BrN3O2/c9-4-3-10-12-5(4)11-6(13)8(1-2-8)7(12)14/h3H,1-2H2,(H,11,13). The average Bonchev–Trinajstić information content (AvgIpc) is 2.88. The Morgan fingerprint density at radius 2 is 2.21 bits per heavy atom. The molecule has 1 aliphatic heterocycles. The molecule has 1 aliphatic carbocycles. The minimum Gasteiger partial charge on any atom is -0.309 e. The third kappa shape index (κ3) is 0.771. The van der Waals surface area contributed by atoms with E-state index in [0.717, 1.165) is 0 Å². The van der Waals surface area contributed by atoms with E-state index in [1.165, 1.54) is 10.9 Å². The molecule has 3 rings (SSSR count). The maximum Gasteiger partial charge on any atom is 0.264 e. The van der Waals surface area contributed by atoms with E-state index >= 15 is 0 Å². The Bertz CT molecular complexity index is 461. The number of carbonyl (C=O) groups excluding carboxylic acids is 2. The number of nitrogens with zero attached hydrogens (tertiary/aromatic N) is 2. The lowest BCUT2D eigenvalue weighted by Crippen LogP contribution is -2.41. The molecule has 1 aromatic rings. The van der Waals surface area contributed by atoms with E-state index in [1.807, 2.05) is 0 Å². The highest BCUT2D eigenvalue weighted by Gasteiger charge is 2.60. The van der Waals surface area contributed by atoms with Crippen LogP contribution in [0.3, 0.4) is 0 Å². The number of hydrogen-bond donors (Lipinski definition) is 1. The van der Waals surface area contributed by atoms with Gasteiger partial charge in [-0.3, -0.25) is 9.59 Å². The first-order chi connectivity index (χ1) is 6.65. The fraction of sp³-hybridized carbons (Fsp3) is 0.375. The molecule has 1 fully saturated rings. The van der Waals surface area contributed by atoms with Crippen LogP contribution in [-0.2, 0) is 4.79 Å². The van der Waals surface area contributed by atoms with Crippen molar-refractivity contribution in [2.75, 3.05) is 5.32 Å². The van der Waals surface area contributed by atoms with Crippen LogP contribution in [0.4, 0.5) is 5.82 Å². The first-order valence-electron chi connectivity index (χ1n) is 4.25. The van der Waals surface area contributed by atoms with Gasteiger partial charge in [-0.15, -0.1) is 0 Å². The lowest BCUT2D eigenvalue weighted by atomic mass is 10.0. The lowest BCUT2D eigenvalue weighted by Gasteiger charge is -2.21. The molecule has 5 nitrogen and oxygen atoms in total. The van der Waals surface area contributed by atoms with E-state index in [-0.39, 0.29) is 11.8 Å². The molecule has 1 saturated carbocycles. The van der Waals surface area contributed by atoms with Crippen LogP contribution in [0.25, 0.3) is 0 Å². The van der Waals surface area contributed by atoms with E-state index < -0.39 is 5.41 Å². The van der Waals surface area contributed by atoms with Gasteiger partial charge in [0.1, 0.15) is 5.41 Å². The Morgan fingerprint density at radius 1 is 1.50 bits per heavy atom. The SMILES string of the molecule is O=C1Nc2c(Br)cnn2C(=O)C12CC2. The van der Waals surface area contributed by atoms with Gasteiger partial charge in [-0.25, -0.2) is 0 Å². The summed E-state index contributed by atoms with van der Waals surface area (Å²) in [4.78, 5) is 23.5.